The number of oxime groups is 1. The van der Waals surface area contributed by atoms with Crippen LogP contribution in [0.25, 0.3) is 11.8 Å². The molecular weight excluding hydrogens is 495 g/mol. The Balaban J connectivity index is 1.30. The average Bonchev–Trinajstić information content (AvgIpc) is 3.59. The van der Waals surface area contributed by atoms with Crippen LogP contribution in [0.15, 0.2) is 59.8 Å². The molecule has 10 heteroatoms. The Bertz CT molecular complexity index is 1510. The lowest BCUT2D eigenvalue weighted by molar-refractivity contribution is -0.119. The fourth-order valence-corrected chi connectivity index (χ4v) is 6.92. The minimum absolute atomic E-state index is 0.315. The summed E-state index contributed by atoms with van der Waals surface area (Å²) in [6, 6.07) is 10.3. The number of aromatic nitrogens is 2. The Morgan fingerprint density at radius 3 is 2.70 bits per heavy atom. The smallest absolute Gasteiger partial charge is 0.234 e. The number of aryl methyl sites for hydroxylation is 1. The van der Waals surface area contributed by atoms with Crippen LogP contribution in [-0.4, -0.2) is 54.8 Å². The number of imidazole rings is 1. The third-order valence-electron chi connectivity index (χ3n) is 7.45. The first-order valence-electron chi connectivity index (χ1n) is 12.2. The van der Waals surface area contributed by atoms with Gasteiger partial charge in [-0.2, -0.15) is 0 Å². The van der Waals surface area contributed by atoms with Crippen molar-refractivity contribution in [1.82, 2.24) is 14.5 Å². The number of hydrogen-bond donors (Lipinski definition) is 0. The van der Waals surface area contributed by atoms with Gasteiger partial charge in [0.25, 0.3) is 0 Å². The largest absolute Gasteiger partial charge is 0.491 e. The fraction of sp³-hybridized carbons (Fsp3) is 0.333. The Labute approximate surface area is 215 Å². The van der Waals surface area contributed by atoms with Gasteiger partial charge in [0.15, 0.2) is 5.76 Å². The molecule has 0 saturated carbocycles. The first-order valence-corrected chi connectivity index (χ1v) is 13.7. The summed E-state index contributed by atoms with van der Waals surface area (Å²) in [5.74, 6) is 2.53. The van der Waals surface area contributed by atoms with E-state index in [4.69, 9.17) is 14.3 Å². The number of hydrogen-bond acceptors (Lipinski definition) is 7. The van der Waals surface area contributed by atoms with Crippen LogP contribution in [-0.2, 0) is 32.5 Å². The molecule has 2 fully saturated rings. The highest BCUT2D eigenvalue weighted by molar-refractivity contribution is 7.86. The van der Waals surface area contributed by atoms with Crippen molar-refractivity contribution < 1.29 is 22.9 Å². The van der Waals surface area contributed by atoms with Crippen molar-refractivity contribution in [3.05, 3.63) is 82.9 Å². The van der Waals surface area contributed by atoms with E-state index in [1.54, 1.807) is 18.5 Å². The summed E-state index contributed by atoms with van der Waals surface area (Å²) in [6.45, 7) is 4.94. The van der Waals surface area contributed by atoms with Gasteiger partial charge in [-0.05, 0) is 36.8 Å². The van der Waals surface area contributed by atoms with Crippen molar-refractivity contribution in [2.75, 3.05) is 24.7 Å². The van der Waals surface area contributed by atoms with Crippen molar-refractivity contribution in [2.24, 2.45) is 5.16 Å². The van der Waals surface area contributed by atoms with Crippen LogP contribution in [0.3, 0.4) is 0 Å². The summed E-state index contributed by atoms with van der Waals surface area (Å²) in [4.78, 5) is 12.4. The molecule has 37 heavy (non-hydrogen) atoms. The highest BCUT2D eigenvalue weighted by atomic mass is 32.2. The van der Waals surface area contributed by atoms with E-state index in [1.807, 2.05) is 41.7 Å². The fourth-order valence-electron chi connectivity index (χ4n) is 5.53. The van der Waals surface area contributed by atoms with Crippen molar-refractivity contribution in [3.63, 3.8) is 0 Å². The van der Waals surface area contributed by atoms with Gasteiger partial charge < -0.3 is 23.8 Å². The van der Waals surface area contributed by atoms with Crippen LogP contribution in [0, 0.1) is 12.7 Å². The Hall–Kier alpha value is -3.66. The number of benzene rings is 2. The van der Waals surface area contributed by atoms with Crippen LogP contribution in [0.2, 0.25) is 0 Å². The van der Waals surface area contributed by atoms with E-state index in [0.29, 0.717) is 36.3 Å². The number of ether oxygens (including phenoxy) is 2. The van der Waals surface area contributed by atoms with Gasteiger partial charge in [0.2, 0.25) is 11.6 Å². The molecule has 4 aliphatic heterocycles. The maximum absolute atomic E-state index is 13.7. The molecule has 0 amide bonds. The Morgan fingerprint density at radius 2 is 1.97 bits per heavy atom. The van der Waals surface area contributed by atoms with Crippen LogP contribution in [0.4, 0.5) is 4.39 Å². The van der Waals surface area contributed by atoms with Gasteiger partial charge in [-0.15, -0.1) is 0 Å². The molecule has 5 heterocycles. The number of rotatable bonds is 3. The van der Waals surface area contributed by atoms with Gasteiger partial charge in [0.05, 0.1) is 42.4 Å². The predicted octanol–water partition coefficient (Wildman–Crippen LogP) is 3.65. The average molecular weight is 521 g/mol. The van der Waals surface area contributed by atoms with Gasteiger partial charge in [0.1, 0.15) is 17.2 Å². The molecule has 7 rings (SSSR count). The number of amidine groups is 1. The van der Waals surface area contributed by atoms with Crippen molar-refractivity contribution >= 4 is 22.7 Å². The number of halogens is 1. The maximum atomic E-state index is 13.7. The lowest BCUT2D eigenvalue weighted by Gasteiger charge is -2.50. The van der Waals surface area contributed by atoms with Gasteiger partial charge in [0, 0.05) is 41.5 Å². The first-order chi connectivity index (χ1) is 17.8. The SMILES string of the molecule is Cc1cn(-c2ccc(/C=C3\OC4(CN5C3=NOC5(C)c3ccc(F)cc3)CS(=O)C4)c3c2OCC3)cn1. The molecule has 3 aromatic rings. The first kappa shape index (κ1) is 22.5. The molecule has 2 aromatic carbocycles. The van der Waals surface area contributed by atoms with E-state index in [1.165, 1.54) is 12.1 Å². The molecule has 0 radical (unpaired) electrons. The summed E-state index contributed by atoms with van der Waals surface area (Å²) < 4.78 is 40.4. The molecule has 8 nitrogen and oxygen atoms in total. The Kier molecular flexibility index (Phi) is 4.82. The quantitative estimate of drug-likeness (QED) is 0.525. The third kappa shape index (κ3) is 3.49. The van der Waals surface area contributed by atoms with Gasteiger partial charge in [-0.1, -0.05) is 23.4 Å². The van der Waals surface area contributed by atoms with E-state index in [9.17, 15) is 8.60 Å². The predicted molar refractivity (Wildman–Crippen MR) is 136 cm³/mol. The molecule has 1 unspecified atom stereocenters. The minimum Gasteiger partial charge on any atom is -0.491 e. The molecule has 1 spiro atoms. The van der Waals surface area contributed by atoms with Crippen molar-refractivity contribution in [3.8, 4) is 11.4 Å². The van der Waals surface area contributed by atoms with Gasteiger partial charge in [-0.3, -0.25) is 4.21 Å². The van der Waals surface area contributed by atoms with E-state index >= 15 is 0 Å². The molecule has 190 valence electrons. The van der Waals surface area contributed by atoms with Gasteiger partial charge in [-0.25, -0.2) is 9.37 Å². The molecule has 1 atom stereocenters. The zero-order valence-corrected chi connectivity index (χ0v) is 21.3. The van der Waals surface area contributed by atoms with E-state index < -0.39 is 22.1 Å². The van der Waals surface area contributed by atoms with Crippen molar-refractivity contribution in [1.29, 1.82) is 0 Å². The monoisotopic (exact) mass is 520 g/mol. The van der Waals surface area contributed by atoms with Crippen LogP contribution in [0.1, 0.15) is 29.3 Å². The van der Waals surface area contributed by atoms with E-state index in [2.05, 4.69) is 16.2 Å². The third-order valence-corrected chi connectivity index (χ3v) is 9.15. The molecule has 0 bridgehead atoms. The van der Waals surface area contributed by atoms with E-state index in [-0.39, 0.29) is 5.82 Å². The molecule has 0 aliphatic carbocycles. The summed E-state index contributed by atoms with van der Waals surface area (Å²) in [6.07, 6.45) is 6.50. The Morgan fingerprint density at radius 1 is 1.16 bits per heavy atom. The summed E-state index contributed by atoms with van der Waals surface area (Å²) in [5.41, 5.74) is 3.17. The molecule has 2 saturated heterocycles. The molecular formula is C27H25FN4O4S. The second-order valence-electron chi connectivity index (χ2n) is 10.1. The van der Waals surface area contributed by atoms with Gasteiger partial charge >= 0.3 is 0 Å². The second kappa shape index (κ2) is 7.92. The lowest BCUT2D eigenvalue weighted by Crippen LogP contribution is -2.66. The van der Waals surface area contributed by atoms with E-state index in [0.717, 1.165) is 40.2 Å². The molecule has 1 aromatic heterocycles. The summed E-state index contributed by atoms with van der Waals surface area (Å²) in [5, 5.41) is 4.43. The maximum Gasteiger partial charge on any atom is 0.234 e. The minimum atomic E-state index is -0.940. The van der Waals surface area contributed by atoms with Crippen LogP contribution in [0.5, 0.6) is 5.75 Å². The van der Waals surface area contributed by atoms with Crippen LogP contribution >= 0.6 is 0 Å². The molecule has 4 aliphatic rings. The normalized spacial score (nSPS) is 28.7. The zero-order valence-electron chi connectivity index (χ0n) is 20.4. The lowest BCUT2D eigenvalue weighted by atomic mass is 9.96. The zero-order chi connectivity index (χ0) is 25.4. The number of nitrogens with zero attached hydrogens (tertiary/aromatic N) is 4. The number of morpholine rings is 1. The highest BCUT2D eigenvalue weighted by Crippen LogP contribution is 2.45. The summed E-state index contributed by atoms with van der Waals surface area (Å²) in [7, 11) is -0.930. The van der Waals surface area contributed by atoms with Crippen LogP contribution < -0.4 is 4.74 Å². The van der Waals surface area contributed by atoms with Crippen molar-refractivity contribution in [2.45, 2.75) is 31.6 Å². The molecule has 0 N–H and O–H groups in total. The standard InChI is InChI=1S/C27H25FN4O4S/c1-17-12-31(16-29-17)22-8-3-18(21-9-10-34-24(21)22)11-23-25-30-36-26(2,19-4-6-20(28)7-5-19)32(25)13-27(35-23)14-37(33)15-27/h3-8,11-12,16H,9-10,13-15H2,1-2H3/b23-11-. The highest BCUT2D eigenvalue weighted by Gasteiger charge is 2.57. The summed E-state index contributed by atoms with van der Waals surface area (Å²) >= 11 is 0. The second-order valence-corrected chi connectivity index (χ2v) is 11.6. The topological polar surface area (TPSA) is 78.2 Å². The number of fused-ring (bicyclic) bond motifs is 2.